The number of carbonyl (C=O) groups is 1. The fourth-order valence-corrected chi connectivity index (χ4v) is 2.15. The van der Waals surface area contributed by atoms with Crippen LogP contribution in [0, 0.1) is 6.92 Å². The second-order valence-corrected chi connectivity index (χ2v) is 4.66. The molecule has 0 radical (unpaired) electrons. The number of amides is 1. The zero-order valence-corrected chi connectivity index (χ0v) is 11.6. The Balaban J connectivity index is 1.60. The third kappa shape index (κ3) is 2.73. The van der Waals surface area contributed by atoms with E-state index in [2.05, 4.69) is 30.9 Å². The maximum absolute atomic E-state index is 12.2. The normalized spacial score (nSPS) is 10.9. The Morgan fingerprint density at radius 3 is 3.10 bits per heavy atom. The molecule has 0 atom stereocenters. The van der Waals surface area contributed by atoms with Crippen LogP contribution in [0.1, 0.15) is 28.4 Å². The third-order valence-corrected chi connectivity index (χ3v) is 3.24. The number of aromatic nitrogens is 6. The number of carbonyl (C=O) groups excluding carboxylic acids is 1. The molecule has 3 rings (SSSR count). The summed E-state index contributed by atoms with van der Waals surface area (Å²) in [5.74, 6) is 0.484. The van der Waals surface area contributed by atoms with E-state index in [0.717, 1.165) is 17.8 Å². The van der Waals surface area contributed by atoms with Crippen molar-refractivity contribution in [2.45, 2.75) is 19.8 Å². The van der Waals surface area contributed by atoms with Crippen LogP contribution in [0.3, 0.4) is 0 Å². The molecule has 3 heterocycles. The van der Waals surface area contributed by atoms with Gasteiger partial charge in [-0.2, -0.15) is 5.21 Å². The molecule has 0 aromatic carbocycles. The van der Waals surface area contributed by atoms with Gasteiger partial charge in [0.2, 0.25) is 0 Å². The van der Waals surface area contributed by atoms with E-state index in [1.165, 1.54) is 0 Å². The van der Waals surface area contributed by atoms with Crippen LogP contribution < -0.4 is 5.32 Å². The molecule has 3 aromatic rings. The number of tetrazole rings is 1. The minimum atomic E-state index is -0.163. The van der Waals surface area contributed by atoms with Crippen molar-refractivity contribution in [3.63, 3.8) is 0 Å². The van der Waals surface area contributed by atoms with Gasteiger partial charge < -0.3 is 9.72 Å². The SMILES string of the molecule is Cc1c(C(=O)NCCCc2nn[nH]n2)nc2ccccn12. The molecular weight excluding hydrogens is 270 g/mol. The monoisotopic (exact) mass is 285 g/mol. The van der Waals surface area contributed by atoms with Gasteiger partial charge in [0.25, 0.3) is 5.91 Å². The summed E-state index contributed by atoms with van der Waals surface area (Å²) in [4.78, 5) is 16.5. The van der Waals surface area contributed by atoms with Gasteiger partial charge in [-0.25, -0.2) is 4.98 Å². The lowest BCUT2D eigenvalue weighted by Crippen LogP contribution is -2.26. The zero-order valence-electron chi connectivity index (χ0n) is 11.6. The molecule has 0 spiro atoms. The molecule has 0 aliphatic rings. The second-order valence-electron chi connectivity index (χ2n) is 4.66. The van der Waals surface area contributed by atoms with Gasteiger partial charge in [0, 0.05) is 19.2 Å². The molecule has 8 heteroatoms. The summed E-state index contributed by atoms with van der Waals surface area (Å²) in [7, 11) is 0. The molecule has 8 nitrogen and oxygen atoms in total. The quantitative estimate of drug-likeness (QED) is 0.665. The van der Waals surface area contributed by atoms with Crippen LogP contribution in [0.5, 0.6) is 0 Å². The highest BCUT2D eigenvalue weighted by Gasteiger charge is 2.14. The minimum absolute atomic E-state index is 0.163. The van der Waals surface area contributed by atoms with E-state index >= 15 is 0 Å². The van der Waals surface area contributed by atoms with E-state index in [4.69, 9.17) is 0 Å². The second kappa shape index (κ2) is 5.70. The van der Waals surface area contributed by atoms with Crippen molar-refractivity contribution < 1.29 is 4.79 Å². The number of hydrogen-bond donors (Lipinski definition) is 2. The summed E-state index contributed by atoms with van der Waals surface area (Å²) in [6.07, 6.45) is 3.31. The first-order valence-electron chi connectivity index (χ1n) is 6.70. The number of hydrogen-bond acceptors (Lipinski definition) is 5. The predicted octanol–water partition coefficient (Wildman–Crippen LogP) is 0.518. The van der Waals surface area contributed by atoms with Crippen molar-refractivity contribution in [1.29, 1.82) is 0 Å². The highest BCUT2D eigenvalue weighted by atomic mass is 16.1. The van der Waals surface area contributed by atoms with E-state index < -0.39 is 0 Å². The molecule has 21 heavy (non-hydrogen) atoms. The van der Waals surface area contributed by atoms with Crippen molar-refractivity contribution in [1.82, 2.24) is 35.3 Å². The van der Waals surface area contributed by atoms with Crippen molar-refractivity contribution in [3.05, 3.63) is 41.6 Å². The van der Waals surface area contributed by atoms with Gasteiger partial charge in [-0.1, -0.05) is 11.3 Å². The van der Waals surface area contributed by atoms with Crippen LogP contribution >= 0.6 is 0 Å². The van der Waals surface area contributed by atoms with Crippen LogP contribution in [-0.2, 0) is 6.42 Å². The summed E-state index contributed by atoms with van der Waals surface area (Å²) in [5.41, 5.74) is 2.06. The molecule has 0 fully saturated rings. The van der Waals surface area contributed by atoms with Gasteiger partial charge in [0.1, 0.15) is 11.3 Å². The topological polar surface area (TPSA) is 101 Å². The Hall–Kier alpha value is -2.77. The fraction of sp³-hybridized carbons (Fsp3) is 0.308. The molecule has 2 N–H and O–H groups in total. The summed E-state index contributed by atoms with van der Waals surface area (Å²) in [6.45, 7) is 2.43. The average molecular weight is 285 g/mol. The Bertz CT molecular complexity index is 747. The smallest absolute Gasteiger partial charge is 0.271 e. The predicted molar refractivity (Wildman–Crippen MR) is 74.8 cm³/mol. The highest BCUT2D eigenvalue weighted by molar-refractivity contribution is 5.94. The molecule has 0 aliphatic heterocycles. The van der Waals surface area contributed by atoms with E-state index in [0.29, 0.717) is 24.5 Å². The van der Waals surface area contributed by atoms with Crippen LogP contribution in [-0.4, -0.2) is 42.5 Å². The number of pyridine rings is 1. The number of imidazole rings is 1. The van der Waals surface area contributed by atoms with Crippen molar-refractivity contribution in [2.24, 2.45) is 0 Å². The van der Waals surface area contributed by atoms with Gasteiger partial charge in [-0.15, -0.1) is 10.2 Å². The number of aromatic amines is 1. The number of nitrogens with one attached hydrogen (secondary N) is 2. The number of fused-ring (bicyclic) bond motifs is 1. The first-order valence-corrected chi connectivity index (χ1v) is 6.70. The molecule has 0 aliphatic carbocycles. The van der Waals surface area contributed by atoms with Gasteiger partial charge in [0.05, 0.1) is 5.69 Å². The number of aryl methyl sites for hydroxylation is 2. The summed E-state index contributed by atoms with van der Waals surface area (Å²) in [5, 5.41) is 16.5. The lowest BCUT2D eigenvalue weighted by molar-refractivity contribution is 0.0948. The summed E-state index contributed by atoms with van der Waals surface area (Å²) >= 11 is 0. The maximum atomic E-state index is 12.2. The standard InChI is InChI=1S/C13H15N7O/c1-9-12(15-11-6-2-3-8-20(9)11)13(21)14-7-4-5-10-16-18-19-17-10/h2-3,6,8H,4-5,7H2,1H3,(H,14,21)(H,16,17,18,19). The molecular formula is C13H15N7O. The van der Waals surface area contributed by atoms with E-state index in [1.54, 1.807) is 0 Å². The van der Waals surface area contributed by atoms with Crippen LogP contribution in [0.2, 0.25) is 0 Å². The number of H-pyrrole nitrogens is 1. The first-order chi connectivity index (χ1) is 10.3. The van der Waals surface area contributed by atoms with Crippen LogP contribution in [0.4, 0.5) is 0 Å². The van der Waals surface area contributed by atoms with E-state index in [1.807, 2.05) is 35.7 Å². The largest absolute Gasteiger partial charge is 0.351 e. The lowest BCUT2D eigenvalue weighted by Gasteiger charge is -2.02. The van der Waals surface area contributed by atoms with Crippen molar-refractivity contribution >= 4 is 11.6 Å². The number of nitrogens with zero attached hydrogens (tertiary/aromatic N) is 5. The zero-order chi connectivity index (χ0) is 14.7. The Kier molecular flexibility index (Phi) is 3.59. The van der Waals surface area contributed by atoms with Gasteiger partial charge in [-0.05, 0) is 25.5 Å². The van der Waals surface area contributed by atoms with Crippen molar-refractivity contribution in [2.75, 3.05) is 6.54 Å². The molecule has 0 bridgehead atoms. The molecule has 0 saturated heterocycles. The first kappa shape index (κ1) is 13.2. The van der Waals surface area contributed by atoms with E-state index in [9.17, 15) is 4.79 Å². The summed E-state index contributed by atoms with van der Waals surface area (Å²) < 4.78 is 1.90. The molecule has 1 amide bonds. The Morgan fingerprint density at radius 2 is 2.33 bits per heavy atom. The minimum Gasteiger partial charge on any atom is -0.351 e. The average Bonchev–Trinajstić information content (AvgIpc) is 3.12. The summed E-state index contributed by atoms with van der Waals surface area (Å²) in [6, 6.07) is 5.68. The highest BCUT2D eigenvalue weighted by Crippen LogP contribution is 2.11. The van der Waals surface area contributed by atoms with Crippen LogP contribution in [0.15, 0.2) is 24.4 Å². The van der Waals surface area contributed by atoms with Gasteiger partial charge >= 0.3 is 0 Å². The van der Waals surface area contributed by atoms with Crippen molar-refractivity contribution in [3.8, 4) is 0 Å². The molecule has 0 saturated carbocycles. The molecule has 108 valence electrons. The molecule has 3 aromatic heterocycles. The maximum Gasteiger partial charge on any atom is 0.271 e. The Labute approximate surface area is 120 Å². The lowest BCUT2D eigenvalue weighted by atomic mass is 10.3. The third-order valence-electron chi connectivity index (χ3n) is 3.24. The molecule has 0 unspecified atom stereocenters. The van der Waals surface area contributed by atoms with Crippen LogP contribution in [0.25, 0.3) is 5.65 Å². The van der Waals surface area contributed by atoms with Gasteiger partial charge in [0.15, 0.2) is 5.82 Å². The van der Waals surface area contributed by atoms with E-state index in [-0.39, 0.29) is 5.91 Å². The Morgan fingerprint density at radius 1 is 1.43 bits per heavy atom. The van der Waals surface area contributed by atoms with Gasteiger partial charge in [-0.3, -0.25) is 4.79 Å². The fourth-order valence-electron chi connectivity index (χ4n) is 2.15. The number of rotatable bonds is 5.